The Hall–Kier alpha value is -2.48. The van der Waals surface area contributed by atoms with E-state index >= 15 is 0 Å². The van der Waals surface area contributed by atoms with Gasteiger partial charge in [0.25, 0.3) is 0 Å². The highest BCUT2D eigenvalue weighted by atomic mass is 19.1. The number of imidazole rings is 1. The Morgan fingerprint density at radius 1 is 1.50 bits per heavy atom. The first kappa shape index (κ1) is 13.9. The molecule has 104 valence electrons. The average molecular weight is 273 g/mol. The third-order valence-electron chi connectivity index (χ3n) is 3.08. The lowest BCUT2D eigenvalue weighted by Crippen LogP contribution is -2.05. The van der Waals surface area contributed by atoms with Gasteiger partial charge in [-0.25, -0.2) is 9.37 Å². The van der Waals surface area contributed by atoms with Gasteiger partial charge >= 0.3 is 0 Å². The molecule has 0 radical (unpaired) electrons. The summed E-state index contributed by atoms with van der Waals surface area (Å²) in [5, 5.41) is 0. The van der Waals surface area contributed by atoms with Crippen LogP contribution in [0.5, 0.6) is 5.75 Å². The normalized spacial score (nSPS) is 10.3. The fourth-order valence-electron chi connectivity index (χ4n) is 2.08. The summed E-state index contributed by atoms with van der Waals surface area (Å²) < 4.78 is 20.4. The minimum Gasteiger partial charge on any atom is -0.494 e. The third-order valence-corrected chi connectivity index (χ3v) is 3.08. The number of rotatable bonds is 4. The van der Waals surface area contributed by atoms with E-state index in [4.69, 9.17) is 16.9 Å². The Labute approximate surface area is 117 Å². The highest BCUT2D eigenvalue weighted by Gasteiger charge is 2.16. The highest BCUT2D eigenvalue weighted by molar-refractivity contribution is 5.71. The van der Waals surface area contributed by atoms with E-state index in [1.165, 1.54) is 13.2 Å². The van der Waals surface area contributed by atoms with Crippen LogP contribution >= 0.6 is 0 Å². The number of anilines is 1. The van der Waals surface area contributed by atoms with E-state index in [0.29, 0.717) is 30.0 Å². The summed E-state index contributed by atoms with van der Waals surface area (Å²) in [6, 6.07) is 4.63. The van der Waals surface area contributed by atoms with Gasteiger partial charge in [0.1, 0.15) is 17.3 Å². The molecule has 0 unspecified atom stereocenters. The van der Waals surface area contributed by atoms with Gasteiger partial charge in [0, 0.05) is 12.0 Å². The van der Waals surface area contributed by atoms with Gasteiger partial charge in [-0.3, -0.25) is 0 Å². The van der Waals surface area contributed by atoms with Crippen molar-refractivity contribution in [2.24, 2.45) is 0 Å². The number of nitrogens with two attached hydrogens (primary N) is 1. The minimum atomic E-state index is -0.450. The number of methoxy groups -OCH3 is 1. The van der Waals surface area contributed by atoms with Crippen molar-refractivity contribution in [1.82, 2.24) is 9.55 Å². The topological polar surface area (TPSA) is 53.1 Å². The van der Waals surface area contributed by atoms with E-state index < -0.39 is 5.82 Å². The second kappa shape index (κ2) is 5.66. The van der Waals surface area contributed by atoms with Crippen molar-refractivity contribution >= 4 is 5.82 Å². The van der Waals surface area contributed by atoms with Crippen LogP contribution in [0.4, 0.5) is 10.2 Å². The molecule has 0 aliphatic carbocycles. The number of aryl methyl sites for hydroxylation is 1. The third kappa shape index (κ3) is 2.32. The fourth-order valence-corrected chi connectivity index (χ4v) is 2.08. The van der Waals surface area contributed by atoms with Crippen LogP contribution in [0.2, 0.25) is 0 Å². The molecule has 0 spiro atoms. The average Bonchev–Trinajstić information content (AvgIpc) is 2.76. The number of hydrogen-bond donors (Lipinski definition) is 1. The Balaban J connectivity index is 2.53. The molecule has 5 heteroatoms. The van der Waals surface area contributed by atoms with Crippen LogP contribution in [0.3, 0.4) is 0 Å². The molecule has 2 aromatic rings. The van der Waals surface area contributed by atoms with E-state index in [1.807, 2.05) is 6.92 Å². The predicted octanol–water partition coefficient (Wildman–Crippen LogP) is 2.48. The van der Waals surface area contributed by atoms with Gasteiger partial charge in [0.05, 0.1) is 13.7 Å². The van der Waals surface area contributed by atoms with Gasteiger partial charge in [0.15, 0.2) is 11.6 Å². The highest BCUT2D eigenvalue weighted by Crippen LogP contribution is 2.29. The van der Waals surface area contributed by atoms with E-state index in [2.05, 4.69) is 10.9 Å². The Morgan fingerprint density at radius 3 is 2.80 bits per heavy atom. The van der Waals surface area contributed by atoms with Crippen LogP contribution in [0.25, 0.3) is 11.3 Å². The zero-order chi connectivity index (χ0) is 14.7. The molecule has 1 heterocycles. The zero-order valence-corrected chi connectivity index (χ0v) is 11.5. The second-order valence-electron chi connectivity index (χ2n) is 4.26. The van der Waals surface area contributed by atoms with E-state index in [0.717, 1.165) is 5.82 Å². The summed E-state index contributed by atoms with van der Waals surface area (Å²) in [7, 11) is 1.42. The van der Waals surface area contributed by atoms with Gasteiger partial charge in [-0.15, -0.1) is 6.42 Å². The van der Waals surface area contributed by atoms with Crippen LogP contribution in [0.1, 0.15) is 12.7 Å². The quantitative estimate of drug-likeness (QED) is 0.871. The van der Waals surface area contributed by atoms with Crippen LogP contribution in [0.15, 0.2) is 18.2 Å². The maximum Gasteiger partial charge on any atom is 0.165 e. The maximum absolute atomic E-state index is 13.8. The summed E-state index contributed by atoms with van der Waals surface area (Å²) in [4.78, 5) is 4.45. The lowest BCUT2D eigenvalue weighted by Gasteiger charge is -2.05. The van der Waals surface area contributed by atoms with Gasteiger partial charge in [-0.2, -0.15) is 0 Å². The van der Waals surface area contributed by atoms with Crippen molar-refractivity contribution < 1.29 is 9.13 Å². The van der Waals surface area contributed by atoms with Crippen molar-refractivity contribution in [2.75, 3.05) is 12.8 Å². The van der Waals surface area contributed by atoms with E-state index in [-0.39, 0.29) is 5.75 Å². The molecular formula is C15H16FN3O. The number of aromatic nitrogens is 2. The molecule has 2 N–H and O–H groups in total. The van der Waals surface area contributed by atoms with Gasteiger partial charge in [-0.05, 0) is 18.2 Å². The molecule has 1 aromatic carbocycles. The first-order valence-corrected chi connectivity index (χ1v) is 6.24. The van der Waals surface area contributed by atoms with Gasteiger partial charge in [-0.1, -0.05) is 12.8 Å². The minimum absolute atomic E-state index is 0.186. The number of hydrogen-bond acceptors (Lipinski definition) is 3. The first-order valence-electron chi connectivity index (χ1n) is 6.24. The zero-order valence-electron chi connectivity index (χ0n) is 11.5. The molecule has 0 saturated heterocycles. The molecule has 0 fully saturated rings. The molecule has 2 rings (SSSR count). The smallest absolute Gasteiger partial charge is 0.165 e. The van der Waals surface area contributed by atoms with Crippen LogP contribution in [0, 0.1) is 18.2 Å². The molecule has 0 aliphatic heterocycles. The molecule has 0 amide bonds. The molecule has 1 aromatic heterocycles. The summed E-state index contributed by atoms with van der Waals surface area (Å²) in [6.45, 7) is 2.31. The maximum atomic E-state index is 13.8. The molecule has 0 atom stereocenters. The summed E-state index contributed by atoms with van der Waals surface area (Å²) in [5.41, 5.74) is 7.21. The Bertz CT molecular complexity index is 670. The van der Waals surface area contributed by atoms with E-state index in [9.17, 15) is 4.39 Å². The van der Waals surface area contributed by atoms with Crippen molar-refractivity contribution in [1.29, 1.82) is 0 Å². The molecule has 0 bridgehead atoms. The monoisotopic (exact) mass is 273 g/mol. The lowest BCUT2D eigenvalue weighted by atomic mass is 10.1. The molecule has 4 nitrogen and oxygen atoms in total. The number of ether oxygens (including phenoxy) is 1. The van der Waals surface area contributed by atoms with Crippen LogP contribution < -0.4 is 10.5 Å². The number of nitrogens with zero attached hydrogens (tertiary/aromatic N) is 2. The van der Waals surface area contributed by atoms with Gasteiger partial charge in [0.2, 0.25) is 0 Å². The fraction of sp³-hybridized carbons (Fsp3) is 0.267. The Kier molecular flexibility index (Phi) is 3.94. The lowest BCUT2D eigenvalue weighted by molar-refractivity contribution is 0.386. The molecule has 20 heavy (non-hydrogen) atoms. The van der Waals surface area contributed by atoms with Crippen LogP contribution in [-0.2, 0) is 13.0 Å². The van der Waals surface area contributed by atoms with Crippen molar-refractivity contribution in [2.45, 2.75) is 19.9 Å². The van der Waals surface area contributed by atoms with Crippen molar-refractivity contribution in [3.8, 4) is 29.4 Å². The molecule has 0 saturated carbocycles. The van der Waals surface area contributed by atoms with Crippen molar-refractivity contribution in [3.05, 3.63) is 29.8 Å². The number of terminal acetylenes is 1. The first-order chi connectivity index (χ1) is 9.62. The number of halogens is 1. The summed E-state index contributed by atoms with van der Waals surface area (Å²) in [6.07, 6.45) is 6.03. The Morgan fingerprint density at radius 2 is 2.25 bits per heavy atom. The summed E-state index contributed by atoms with van der Waals surface area (Å²) >= 11 is 0. The SMILES string of the molecule is C#CCn1c(CC)nc(-c2ccc(OC)c(F)c2)c1N. The summed E-state index contributed by atoms with van der Waals surface area (Å²) in [5.74, 6) is 3.51. The number of nitrogen functional groups attached to an aromatic ring is 1. The van der Waals surface area contributed by atoms with Crippen LogP contribution in [-0.4, -0.2) is 16.7 Å². The number of benzene rings is 1. The van der Waals surface area contributed by atoms with Crippen molar-refractivity contribution in [3.63, 3.8) is 0 Å². The standard InChI is InChI=1S/C15H16FN3O/c1-4-8-19-13(5-2)18-14(15(19)17)10-6-7-12(20-3)11(16)9-10/h1,6-7,9H,5,8,17H2,2-3H3. The largest absolute Gasteiger partial charge is 0.494 e. The molecule has 0 aliphatic rings. The van der Waals surface area contributed by atoms with E-state index in [1.54, 1.807) is 16.7 Å². The molecular weight excluding hydrogens is 257 g/mol. The second-order valence-corrected chi connectivity index (χ2v) is 4.26. The predicted molar refractivity (Wildman–Crippen MR) is 76.8 cm³/mol. The van der Waals surface area contributed by atoms with Gasteiger partial charge < -0.3 is 15.0 Å².